The van der Waals surface area contributed by atoms with E-state index in [1.54, 1.807) is 0 Å². The highest BCUT2D eigenvalue weighted by Gasteiger charge is 2.23. The predicted octanol–water partition coefficient (Wildman–Crippen LogP) is 2.01. The molecule has 1 aromatic rings. The van der Waals surface area contributed by atoms with E-state index in [1.165, 1.54) is 5.56 Å². The minimum absolute atomic E-state index is 0.529. The number of anilines is 1. The van der Waals surface area contributed by atoms with Crippen LogP contribution in [0.5, 0.6) is 0 Å². The van der Waals surface area contributed by atoms with Gasteiger partial charge in [0.15, 0.2) is 0 Å². The number of nitrogens with zero attached hydrogens (tertiary/aromatic N) is 3. The fourth-order valence-corrected chi connectivity index (χ4v) is 3.18. The first-order valence-electron chi connectivity index (χ1n) is 6.97. The summed E-state index contributed by atoms with van der Waals surface area (Å²) in [7, 11) is 0. The topological polar surface area (TPSA) is 45.4 Å². The van der Waals surface area contributed by atoms with E-state index in [0.29, 0.717) is 6.04 Å². The minimum atomic E-state index is 0.529. The number of nitrogens with two attached hydrogens (primary N) is 1. The van der Waals surface area contributed by atoms with Gasteiger partial charge >= 0.3 is 0 Å². The van der Waals surface area contributed by atoms with Gasteiger partial charge in [-0.1, -0.05) is 6.92 Å². The quantitative estimate of drug-likeness (QED) is 0.919. The Hall–Kier alpha value is -0.650. The molecule has 2 N–H and O–H groups in total. The third-order valence-electron chi connectivity index (χ3n) is 3.89. The van der Waals surface area contributed by atoms with Gasteiger partial charge < -0.3 is 10.6 Å². The van der Waals surface area contributed by atoms with E-state index in [2.05, 4.69) is 50.6 Å². The molecule has 0 aliphatic carbocycles. The average Bonchev–Trinajstić information content (AvgIpc) is 2.41. The van der Waals surface area contributed by atoms with Crippen molar-refractivity contribution in [1.82, 2.24) is 9.88 Å². The molecule has 1 aliphatic rings. The lowest BCUT2D eigenvalue weighted by Crippen LogP contribution is -2.52. The summed E-state index contributed by atoms with van der Waals surface area (Å²) in [4.78, 5) is 9.43. The zero-order valence-corrected chi connectivity index (χ0v) is 13.4. The first-order valence-corrected chi connectivity index (χ1v) is 7.76. The molecular weight excluding hydrogens is 304 g/mol. The molecule has 2 rings (SSSR count). The van der Waals surface area contributed by atoms with Crippen molar-refractivity contribution in [3.05, 3.63) is 22.3 Å². The van der Waals surface area contributed by atoms with Crippen molar-refractivity contribution in [3.63, 3.8) is 0 Å². The molecule has 4 nitrogen and oxygen atoms in total. The molecule has 5 heteroatoms. The van der Waals surface area contributed by atoms with E-state index in [9.17, 15) is 0 Å². The van der Waals surface area contributed by atoms with Crippen LogP contribution in [0, 0.1) is 6.92 Å². The van der Waals surface area contributed by atoms with Crippen LogP contribution in [0.25, 0.3) is 0 Å². The molecule has 0 saturated carbocycles. The van der Waals surface area contributed by atoms with Gasteiger partial charge in [0.2, 0.25) is 0 Å². The summed E-state index contributed by atoms with van der Waals surface area (Å²) in [5.74, 6) is 1.11. The number of pyridine rings is 1. The molecule has 1 unspecified atom stereocenters. The lowest BCUT2D eigenvalue weighted by atomic mass is 10.1. The summed E-state index contributed by atoms with van der Waals surface area (Å²) >= 11 is 3.46. The van der Waals surface area contributed by atoms with E-state index in [1.807, 2.05) is 6.20 Å². The zero-order valence-electron chi connectivity index (χ0n) is 11.8. The first-order chi connectivity index (χ1) is 9.15. The predicted molar refractivity (Wildman–Crippen MR) is 83.6 cm³/mol. The maximum absolute atomic E-state index is 5.83. The first kappa shape index (κ1) is 14.8. The number of piperazine rings is 1. The maximum Gasteiger partial charge on any atom is 0.131 e. The molecular formula is C14H23BrN4. The number of rotatable bonds is 4. The maximum atomic E-state index is 5.83. The summed E-state index contributed by atoms with van der Waals surface area (Å²) in [6.07, 6.45) is 3.01. The van der Waals surface area contributed by atoms with E-state index < -0.39 is 0 Å². The molecule has 1 saturated heterocycles. The Kier molecular flexibility index (Phi) is 5.19. The summed E-state index contributed by atoms with van der Waals surface area (Å²) in [6, 6.07) is 2.66. The summed E-state index contributed by atoms with van der Waals surface area (Å²) in [5.41, 5.74) is 7.06. The Morgan fingerprint density at radius 3 is 2.58 bits per heavy atom. The normalized spacial score (nSPS) is 18.6. The molecule has 1 fully saturated rings. The standard InChI is InChI=1S/C14H23BrN4/c1-3-13(9-16)18-4-6-19(7-5-18)14-11(2)8-12(15)10-17-14/h8,10,13H,3-7,9,16H2,1-2H3. The average molecular weight is 327 g/mol. The highest BCUT2D eigenvalue weighted by molar-refractivity contribution is 9.10. The van der Waals surface area contributed by atoms with E-state index in [-0.39, 0.29) is 0 Å². The SMILES string of the molecule is CCC(CN)N1CCN(c2ncc(Br)cc2C)CC1. The molecule has 0 radical (unpaired) electrons. The van der Waals surface area contributed by atoms with Gasteiger partial charge in [-0.25, -0.2) is 4.98 Å². The molecule has 19 heavy (non-hydrogen) atoms. The molecule has 106 valence electrons. The Morgan fingerprint density at radius 1 is 1.37 bits per heavy atom. The smallest absolute Gasteiger partial charge is 0.131 e. The Labute approximate surface area is 124 Å². The third-order valence-corrected chi connectivity index (χ3v) is 4.32. The summed E-state index contributed by atoms with van der Waals surface area (Å²) in [5, 5.41) is 0. The molecule has 0 aromatic carbocycles. The second-order valence-electron chi connectivity index (χ2n) is 5.11. The van der Waals surface area contributed by atoms with Gasteiger partial charge in [-0.15, -0.1) is 0 Å². The lowest BCUT2D eigenvalue weighted by Gasteiger charge is -2.39. The van der Waals surface area contributed by atoms with Crippen LogP contribution in [0.4, 0.5) is 5.82 Å². The van der Waals surface area contributed by atoms with Crippen molar-refractivity contribution in [1.29, 1.82) is 0 Å². The number of hydrogen-bond donors (Lipinski definition) is 1. The number of halogens is 1. The molecule has 0 bridgehead atoms. The van der Waals surface area contributed by atoms with Crippen LogP contribution in [-0.2, 0) is 0 Å². The zero-order chi connectivity index (χ0) is 13.8. The van der Waals surface area contributed by atoms with E-state index in [0.717, 1.165) is 49.4 Å². The van der Waals surface area contributed by atoms with Crippen LogP contribution >= 0.6 is 15.9 Å². The number of hydrogen-bond acceptors (Lipinski definition) is 4. The van der Waals surface area contributed by atoms with Crippen LogP contribution in [0.1, 0.15) is 18.9 Å². The third kappa shape index (κ3) is 3.46. The fourth-order valence-electron chi connectivity index (χ4n) is 2.74. The van der Waals surface area contributed by atoms with Crippen molar-refractivity contribution in [2.24, 2.45) is 5.73 Å². The van der Waals surface area contributed by atoms with Crippen LogP contribution in [-0.4, -0.2) is 48.6 Å². The highest BCUT2D eigenvalue weighted by Crippen LogP contribution is 2.22. The molecule has 0 amide bonds. The second-order valence-corrected chi connectivity index (χ2v) is 6.03. The van der Waals surface area contributed by atoms with Crippen LogP contribution < -0.4 is 10.6 Å². The van der Waals surface area contributed by atoms with Crippen molar-refractivity contribution in [2.75, 3.05) is 37.6 Å². The van der Waals surface area contributed by atoms with E-state index >= 15 is 0 Å². The van der Waals surface area contributed by atoms with Gasteiger partial charge in [0, 0.05) is 49.4 Å². The van der Waals surface area contributed by atoms with Gasteiger partial charge in [0.1, 0.15) is 5.82 Å². The summed E-state index contributed by atoms with van der Waals surface area (Å²) < 4.78 is 1.04. The fraction of sp³-hybridized carbons (Fsp3) is 0.643. The molecule has 0 spiro atoms. The molecule has 2 heterocycles. The van der Waals surface area contributed by atoms with Crippen molar-refractivity contribution < 1.29 is 0 Å². The Bertz CT molecular complexity index is 412. The second kappa shape index (κ2) is 6.68. The summed E-state index contributed by atoms with van der Waals surface area (Å²) in [6.45, 7) is 9.31. The lowest BCUT2D eigenvalue weighted by molar-refractivity contribution is 0.184. The van der Waals surface area contributed by atoms with Gasteiger partial charge in [-0.05, 0) is 40.9 Å². The molecule has 1 aliphatic heterocycles. The Balaban J connectivity index is 1.99. The van der Waals surface area contributed by atoms with Crippen LogP contribution in [0.3, 0.4) is 0 Å². The van der Waals surface area contributed by atoms with Gasteiger partial charge in [-0.2, -0.15) is 0 Å². The van der Waals surface area contributed by atoms with Crippen molar-refractivity contribution in [3.8, 4) is 0 Å². The largest absolute Gasteiger partial charge is 0.354 e. The van der Waals surface area contributed by atoms with E-state index in [4.69, 9.17) is 5.73 Å². The molecule has 1 aromatic heterocycles. The van der Waals surface area contributed by atoms with Gasteiger partial charge in [0.25, 0.3) is 0 Å². The highest BCUT2D eigenvalue weighted by atomic mass is 79.9. The molecule has 1 atom stereocenters. The van der Waals surface area contributed by atoms with Gasteiger partial charge in [-0.3, -0.25) is 4.90 Å². The van der Waals surface area contributed by atoms with Crippen LogP contribution in [0.15, 0.2) is 16.7 Å². The minimum Gasteiger partial charge on any atom is -0.354 e. The van der Waals surface area contributed by atoms with Crippen molar-refractivity contribution >= 4 is 21.7 Å². The number of aromatic nitrogens is 1. The Morgan fingerprint density at radius 2 is 2.05 bits per heavy atom. The van der Waals surface area contributed by atoms with Crippen LogP contribution in [0.2, 0.25) is 0 Å². The number of aryl methyl sites for hydroxylation is 1. The van der Waals surface area contributed by atoms with Crippen molar-refractivity contribution in [2.45, 2.75) is 26.3 Å². The monoisotopic (exact) mass is 326 g/mol. The van der Waals surface area contributed by atoms with Gasteiger partial charge in [0.05, 0.1) is 0 Å².